The van der Waals surface area contributed by atoms with Gasteiger partial charge < -0.3 is 16.0 Å². The van der Waals surface area contributed by atoms with Gasteiger partial charge in [-0.1, -0.05) is 30.3 Å². The van der Waals surface area contributed by atoms with Crippen LogP contribution in [0.3, 0.4) is 0 Å². The summed E-state index contributed by atoms with van der Waals surface area (Å²) in [6, 6.07) is 20.5. The molecule has 4 rings (SSSR count). The van der Waals surface area contributed by atoms with E-state index in [0.717, 1.165) is 20.6 Å². The molecule has 8 nitrogen and oxygen atoms in total. The Morgan fingerprint density at radius 1 is 0.879 bits per heavy atom. The highest BCUT2D eigenvalue weighted by molar-refractivity contribution is 8.00. The highest BCUT2D eigenvalue weighted by Gasteiger charge is 2.28. The maximum atomic E-state index is 12.3. The third-order valence-corrected chi connectivity index (χ3v) is 6.04. The number of nitrogens with zero attached hydrogens (tertiary/aromatic N) is 1. The third kappa shape index (κ3) is 5.89. The Morgan fingerprint density at radius 2 is 1.55 bits per heavy atom. The summed E-state index contributed by atoms with van der Waals surface area (Å²) in [5.74, 6) is -0.504. The molecule has 1 fully saturated rings. The number of rotatable bonds is 8. The van der Waals surface area contributed by atoms with Crippen molar-refractivity contribution in [2.45, 2.75) is 11.3 Å². The first-order valence-electron chi connectivity index (χ1n) is 10.4. The SMILES string of the molecule is O=C(CCN1C(=O)CNC1=O)Nc1ccc(NC(=O)CSc2ccc3ccccc3c2)cc1. The van der Waals surface area contributed by atoms with Crippen molar-refractivity contribution in [2.75, 3.05) is 29.5 Å². The largest absolute Gasteiger partial charge is 0.329 e. The fourth-order valence-electron chi connectivity index (χ4n) is 3.36. The number of carbonyl (C=O) groups excluding carboxylic acids is 4. The second kappa shape index (κ2) is 10.2. The second-order valence-corrected chi connectivity index (χ2v) is 8.47. The van der Waals surface area contributed by atoms with Crippen molar-refractivity contribution in [3.05, 3.63) is 66.7 Å². The van der Waals surface area contributed by atoms with Gasteiger partial charge in [0.2, 0.25) is 17.7 Å². The summed E-state index contributed by atoms with van der Waals surface area (Å²) < 4.78 is 0. The Bertz CT molecular complexity index is 1200. The molecule has 3 N–H and O–H groups in total. The van der Waals surface area contributed by atoms with Crippen LogP contribution in [0.4, 0.5) is 16.2 Å². The van der Waals surface area contributed by atoms with Crippen molar-refractivity contribution in [3.63, 3.8) is 0 Å². The molecule has 0 radical (unpaired) electrons. The standard InChI is InChI=1S/C24H22N4O4S/c29-21(11-12-28-23(31)14-25-24(28)32)26-18-6-8-19(9-7-18)27-22(30)15-33-20-10-5-16-3-1-2-4-17(16)13-20/h1-10,13H,11-12,14-15H2,(H,25,32)(H,26,29)(H,27,30). The summed E-state index contributed by atoms with van der Waals surface area (Å²) in [7, 11) is 0. The van der Waals surface area contributed by atoms with Crippen molar-refractivity contribution in [3.8, 4) is 0 Å². The molecule has 3 aromatic carbocycles. The monoisotopic (exact) mass is 462 g/mol. The number of thioether (sulfide) groups is 1. The molecular weight excluding hydrogens is 440 g/mol. The molecule has 0 unspecified atom stereocenters. The number of hydrogen-bond acceptors (Lipinski definition) is 5. The summed E-state index contributed by atoms with van der Waals surface area (Å²) in [4.78, 5) is 49.5. The Balaban J connectivity index is 1.22. The smallest absolute Gasteiger partial charge is 0.324 e. The molecule has 0 spiro atoms. The predicted molar refractivity (Wildman–Crippen MR) is 128 cm³/mol. The molecule has 1 aliphatic heterocycles. The first kappa shape index (κ1) is 22.3. The number of amides is 5. The first-order chi connectivity index (χ1) is 16.0. The van der Waals surface area contributed by atoms with Gasteiger partial charge in [0.1, 0.15) is 0 Å². The van der Waals surface area contributed by atoms with Gasteiger partial charge in [0.05, 0.1) is 12.3 Å². The molecule has 1 aliphatic rings. The van der Waals surface area contributed by atoms with Gasteiger partial charge in [-0.15, -0.1) is 11.8 Å². The number of benzene rings is 3. The normalized spacial score (nSPS) is 13.2. The predicted octanol–water partition coefficient (Wildman–Crippen LogP) is 3.45. The summed E-state index contributed by atoms with van der Waals surface area (Å²) in [6.45, 7) is -0.00604. The van der Waals surface area contributed by atoms with Gasteiger partial charge in [-0.3, -0.25) is 19.3 Å². The Morgan fingerprint density at radius 3 is 2.21 bits per heavy atom. The fraction of sp³-hybridized carbons (Fsp3) is 0.167. The van der Waals surface area contributed by atoms with Crippen LogP contribution in [0.1, 0.15) is 6.42 Å². The highest BCUT2D eigenvalue weighted by atomic mass is 32.2. The highest BCUT2D eigenvalue weighted by Crippen LogP contribution is 2.24. The van der Waals surface area contributed by atoms with Gasteiger partial charge in [0.15, 0.2) is 0 Å². The summed E-state index contributed by atoms with van der Waals surface area (Å²) >= 11 is 1.46. The van der Waals surface area contributed by atoms with Crippen molar-refractivity contribution >= 4 is 57.7 Å². The number of nitrogens with one attached hydrogen (secondary N) is 3. The summed E-state index contributed by atoms with van der Waals surface area (Å²) in [6.07, 6.45) is 0.00361. The molecule has 0 bridgehead atoms. The van der Waals surface area contributed by atoms with E-state index in [9.17, 15) is 19.2 Å². The van der Waals surface area contributed by atoms with E-state index in [1.165, 1.54) is 11.8 Å². The number of imide groups is 1. The minimum absolute atomic E-state index is 0.00361. The Hall–Kier alpha value is -3.85. The lowest BCUT2D eigenvalue weighted by Crippen LogP contribution is -2.33. The van der Waals surface area contributed by atoms with Crippen LogP contribution >= 0.6 is 11.8 Å². The summed E-state index contributed by atoms with van der Waals surface area (Å²) in [5.41, 5.74) is 1.18. The molecule has 5 amide bonds. The van der Waals surface area contributed by atoms with E-state index in [1.807, 2.05) is 30.3 Å². The zero-order valence-corrected chi connectivity index (χ0v) is 18.5. The van der Waals surface area contributed by atoms with Crippen LogP contribution < -0.4 is 16.0 Å². The molecule has 0 aliphatic carbocycles. The van der Waals surface area contributed by atoms with Crippen LogP contribution in [0.2, 0.25) is 0 Å². The number of fused-ring (bicyclic) bond motifs is 1. The van der Waals surface area contributed by atoms with E-state index in [4.69, 9.17) is 0 Å². The molecule has 3 aromatic rings. The van der Waals surface area contributed by atoms with Gasteiger partial charge in [-0.05, 0) is 47.2 Å². The maximum absolute atomic E-state index is 12.3. The molecular formula is C24H22N4O4S. The zero-order chi connectivity index (χ0) is 23.2. The molecule has 0 aromatic heterocycles. The quantitative estimate of drug-likeness (QED) is 0.351. The molecule has 33 heavy (non-hydrogen) atoms. The van der Waals surface area contributed by atoms with Gasteiger partial charge >= 0.3 is 6.03 Å². The van der Waals surface area contributed by atoms with E-state index in [1.54, 1.807) is 24.3 Å². The number of carbonyl (C=O) groups is 4. The minimum Gasteiger partial charge on any atom is -0.329 e. The molecule has 9 heteroatoms. The fourth-order valence-corrected chi connectivity index (χ4v) is 4.10. The van der Waals surface area contributed by atoms with E-state index in [0.29, 0.717) is 11.4 Å². The van der Waals surface area contributed by atoms with Crippen molar-refractivity contribution in [1.82, 2.24) is 10.2 Å². The number of anilines is 2. The lowest BCUT2D eigenvalue weighted by molar-refractivity contribution is -0.125. The van der Waals surface area contributed by atoms with Gasteiger partial charge in [0.25, 0.3) is 0 Å². The molecule has 0 atom stereocenters. The van der Waals surface area contributed by atoms with Crippen molar-refractivity contribution in [1.29, 1.82) is 0 Å². The Labute approximate surface area is 194 Å². The van der Waals surface area contributed by atoms with Crippen LogP contribution in [0, 0.1) is 0 Å². The zero-order valence-electron chi connectivity index (χ0n) is 17.7. The molecule has 0 saturated carbocycles. The topological polar surface area (TPSA) is 108 Å². The van der Waals surface area contributed by atoms with Crippen LogP contribution in [0.5, 0.6) is 0 Å². The first-order valence-corrected chi connectivity index (χ1v) is 11.4. The van der Waals surface area contributed by atoms with Crippen LogP contribution in [0.15, 0.2) is 71.6 Å². The average Bonchev–Trinajstić information content (AvgIpc) is 3.14. The summed E-state index contributed by atoms with van der Waals surface area (Å²) in [5, 5.41) is 10.3. The third-order valence-electron chi connectivity index (χ3n) is 5.04. The number of urea groups is 1. The second-order valence-electron chi connectivity index (χ2n) is 7.43. The van der Waals surface area contributed by atoms with E-state index < -0.39 is 6.03 Å². The van der Waals surface area contributed by atoms with Crippen LogP contribution in [0.25, 0.3) is 10.8 Å². The van der Waals surface area contributed by atoms with Gasteiger partial charge in [-0.2, -0.15) is 0 Å². The van der Waals surface area contributed by atoms with E-state index in [-0.39, 0.29) is 43.0 Å². The number of hydrogen-bond donors (Lipinski definition) is 3. The lowest BCUT2D eigenvalue weighted by Gasteiger charge is -2.12. The maximum Gasteiger partial charge on any atom is 0.324 e. The van der Waals surface area contributed by atoms with Crippen molar-refractivity contribution in [2.24, 2.45) is 0 Å². The van der Waals surface area contributed by atoms with Crippen LogP contribution in [-0.4, -0.2) is 47.5 Å². The van der Waals surface area contributed by atoms with E-state index >= 15 is 0 Å². The van der Waals surface area contributed by atoms with E-state index in [2.05, 4.69) is 28.1 Å². The van der Waals surface area contributed by atoms with Gasteiger partial charge in [-0.25, -0.2) is 4.79 Å². The van der Waals surface area contributed by atoms with Gasteiger partial charge in [0, 0.05) is 29.2 Å². The van der Waals surface area contributed by atoms with Crippen LogP contribution in [-0.2, 0) is 14.4 Å². The molecule has 1 heterocycles. The Kier molecular flexibility index (Phi) is 6.89. The lowest BCUT2D eigenvalue weighted by atomic mass is 10.1. The minimum atomic E-state index is -0.480. The average molecular weight is 463 g/mol. The van der Waals surface area contributed by atoms with Crippen molar-refractivity contribution < 1.29 is 19.2 Å². The molecule has 1 saturated heterocycles. The molecule has 168 valence electrons.